The Morgan fingerprint density at radius 2 is 2.06 bits per heavy atom. The van der Waals surface area contributed by atoms with Crippen LogP contribution in [0, 0.1) is 5.92 Å². The second kappa shape index (κ2) is 5.04. The van der Waals surface area contributed by atoms with E-state index in [0.717, 1.165) is 28.3 Å². The minimum absolute atomic E-state index is 0.729. The lowest BCUT2D eigenvalue weighted by Crippen LogP contribution is -2.34. The molecule has 1 saturated carbocycles. The van der Waals surface area contributed by atoms with Crippen LogP contribution in [0.1, 0.15) is 42.5 Å². The smallest absolute Gasteiger partial charge is 0.151 e. The summed E-state index contributed by atoms with van der Waals surface area (Å²) in [5.74, 6) is 0.892. The highest BCUT2D eigenvalue weighted by molar-refractivity contribution is 9.10. The molecule has 0 N–H and O–H groups in total. The molecule has 3 rings (SSSR count). The van der Waals surface area contributed by atoms with E-state index >= 15 is 0 Å². The van der Waals surface area contributed by atoms with Crippen LogP contribution in [0.4, 0.5) is 5.69 Å². The maximum absolute atomic E-state index is 10.8. The summed E-state index contributed by atoms with van der Waals surface area (Å²) in [4.78, 5) is 13.4. The predicted molar refractivity (Wildman–Crippen MR) is 77.2 cm³/mol. The van der Waals surface area contributed by atoms with Crippen molar-refractivity contribution in [1.82, 2.24) is 0 Å². The summed E-state index contributed by atoms with van der Waals surface area (Å²) in [6, 6.07) is 6.84. The van der Waals surface area contributed by atoms with Gasteiger partial charge in [-0.1, -0.05) is 12.8 Å². The lowest BCUT2D eigenvalue weighted by Gasteiger charge is -2.33. The highest BCUT2D eigenvalue weighted by Gasteiger charge is 2.35. The maximum Gasteiger partial charge on any atom is 0.151 e. The molecule has 96 valence electrons. The highest BCUT2D eigenvalue weighted by atomic mass is 79.9. The molecular weight excluding hydrogens is 290 g/mol. The molecule has 2 fully saturated rings. The first-order valence-corrected chi connectivity index (χ1v) is 7.60. The third kappa shape index (κ3) is 2.09. The Labute approximate surface area is 116 Å². The van der Waals surface area contributed by atoms with E-state index in [9.17, 15) is 4.79 Å². The molecule has 18 heavy (non-hydrogen) atoms. The van der Waals surface area contributed by atoms with E-state index in [1.165, 1.54) is 44.3 Å². The number of nitrogens with zero attached hydrogens (tertiary/aromatic N) is 1. The van der Waals surface area contributed by atoms with Crippen molar-refractivity contribution in [3.8, 4) is 0 Å². The molecule has 0 amide bonds. The fourth-order valence-electron chi connectivity index (χ4n) is 3.52. The Balaban J connectivity index is 1.86. The molecule has 1 aromatic carbocycles. The van der Waals surface area contributed by atoms with Gasteiger partial charge in [0.25, 0.3) is 0 Å². The molecule has 1 aromatic rings. The normalized spacial score (nSPS) is 27.1. The maximum atomic E-state index is 10.8. The van der Waals surface area contributed by atoms with Gasteiger partial charge in [0.2, 0.25) is 0 Å². The van der Waals surface area contributed by atoms with Crippen molar-refractivity contribution >= 4 is 27.9 Å². The van der Waals surface area contributed by atoms with Crippen molar-refractivity contribution in [3.05, 3.63) is 28.2 Å². The fraction of sp³-hybridized carbons (Fsp3) is 0.533. The number of rotatable bonds is 2. The molecule has 2 unspecified atom stereocenters. The van der Waals surface area contributed by atoms with Crippen LogP contribution in [0.15, 0.2) is 22.7 Å². The minimum Gasteiger partial charge on any atom is -0.368 e. The van der Waals surface area contributed by atoms with Gasteiger partial charge in [-0.2, -0.15) is 0 Å². The third-order valence-electron chi connectivity index (χ3n) is 4.45. The number of anilines is 1. The number of aldehydes is 1. The van der Waals surface area contributed by atoms with E-state index < -0.39 is 0 Å². The molecule has 3 heteroatoms. The Bertz CT molecular complexity index is 460. The topological polar surface area (TPSA) is 20.3 Å². The van der Waals surface area contributed by atoms with Crippen molar-refractivity contribution in [2.45, 2.75) is 38.1 Å². The Hall–Kier alpha value is -0.830. The van der Waals surface area contributed by atoms with E-state index in [4.69, 9.17) is 0 Å². The van der Waals surface area contributed by atoms with Crippen LogP contribution < -0.4 is 4.90 Å². The number of carbonyl (C=O) groups is 1. The van der Waals surface area contributed by atoms with Gasteiger partial charge in [-0.05, 0) is 59.3 Å². The Kier molecular flexibility index (Phi) is 3.42. The van der Waals surface area contributed by atoms with E-state index in [1.54, 1.807) is 0 Å². The fourth-order valence-corrected chi connectivity index (χ4v) is 3.98. The number of fused-ring (bicyclic) bond motifs is 1. The quantitative estimate of drug-likeness (QED) is 0.769. The van der Waals surface area contributed by atoms with Gasteiger partial charge in [0.1, 0.15) is 0 Å². The largest absolute Gasteiger partial charge is 0.368 e. The summed E-state index contributed by atoms with van der Waals surface area (Å²) >= 11 is 3.48. The van der Waals surface area contributed by atoms with Crippen LogP contribution in [0.3, 0.4) is 0 Å². The van der Waals surface area contributed by atoms with Gasteiger partial charge in [-0.3, -0.25) is 4.79 Å². The van der Waals surface area contributed by atoms with Crippen LogP contribution >= 0.6 is 15.9 Å². The van der Waals surface area contributed by atoms with Gasteiger partial charge in [0, 0.05) is 28.3 Å². The van der Waals surface area contributed by atoms with Gasteiger partial charge in [-0.15, -0.1) is 0 Å². The number of hydrogen-bond acceptors (Lipinski definition) is 2. The zero-order valence-electron chi connectivity index (χ0n) is 10.4. The minimum atomic E-state index is 0.729. The van der Waals surface area contributed by atoms with E-state index in [1.807, 2.05) is 6.07 Å². The molecule has 1 saturated heterocycles. The molecule has 0 spiro atoms. The summed E-state index contributed by atoms with van der Waals surface area (Å²) in [6.07, 6.45) is 7.74. The summed E-state index contributed by atoms with van der Waals surface area (Å²) < 4.78 is 0.911. The molecule has 2 nitrogen and oxygen atoms in total. The summed E-state index contributed by atoms with van der Waals surface area (Å²) in [7, 11) is 0. The number of benzene rings is 1. The monoisotopic (exact) mass is 307 g/mol. The van der Waals surface area contributed by atoms with Crippen LogP contribution in [0.25, 0.3) is 0 Å². The number of carbonyl (C=O) groups excluding carboxylic acids is 1. The first kappa shape index (κ1) is 12.2. The van der Waals surface area contributed by atoms with Crippen LogP contribution in [0.2, 0.25) is 0 Å². The van der Waals surface area contributed by atoms with Crippen LogP contribution in [-0.4, -0.2) is 18.9 Å². The van der Waals surface area contributed by atoms with Crippen molar-refractivity contribution < 1.29 is 4.79 Å². The Morgan fingerprint density at radius 3 is 2.83 bits per heavy atom. The van der Waals surface area contributed by atoms with Gasteiger partial charge in [-0.25, -0.2) is 0 Å². The second-order valence-electron chi connectivity index (χ2n) is 5.42. The van der Waals surface area contributed by atoms with Crippen LogP contribution in [-0.2, 0) is 0 Å². The highest BCUT2D eigenvalue weighted by Crippen LogP contribution is 2.39. The third-order valence-corrected chi connectivity index (χ3v) is 5.14. The summed E-state index contributed by atoms with van der Waals surface area (Å²) in [5.41, 5.74) is 2.00. The van der Waals surface area contributed by atoms with E-state index in [0.29, 0.717) is 0 Å². The van der Waals surface area contributed by atoms with Gasteiger partial charge >= 0.3 is 0 Å². The lowest BCUT2D eigenvalue weighted by atomic mass is 9.85. The first-order valence-electron chi connectivity index (χ1n) is 6.81. The molecule has 0 aromatic heterocycles. The molecule has 1 aliphatic heterocycles. The summed E-state index contributed by atoms with van der Waals surface area (Å²) in [6.45, 7) is 1.17. The van der Waals surface area contributed by atoms with Gasteiger partial charge in [0.05, 0.1) is 0 Å². The molecule has 0 radical (unpaired) electrons. The zero-order chi connectivity index (χ0) is 12.5. The Morgan fingerprint density at radius 1 is 1.22 bits per heavy atom. The first-order chi connectivity index (χ1) is 8.79. The van der Waals surface area contributed by atoms with E-state index in [2.05, 4.69) is 33.0 Å². The predicted octanol–water partition coefficient (Wildman–Crippen LogP) is 4.03. The summed E-state index contributed by atoms with van der Waals surface area (Å²) in [5, 5.41) is 0. The lowest BCUT2D eigenvalue weighted by molar-refractivity contribution is 0.112. The van der Waals surface area contributed by atoms with Crippen molar-refractivity contribution in [2.24, 2.45) is 5.92 Å². The molecule has 2 aliphatic rings. The van der Waals surface area contributed by atoms with E-state index in [-0.39, 0.29) is 0 Å². The SMILES string of the molecule is O=Cc1ccc(N2CCC3CCCCC32)cc1Br. The molecule has 0 bridgehead atoms. The van der Waals surface area contributed by atoms with Crippen molar-refractivity contribution in [1.29, 1.82) is 0 Å². The number of hydrogen-bond donors (Lipinski definition) is 0. The molecule has 1 aliphatic carbocycles. The second-order valence-corrected chi connectivity index (χ2v) is 6.27. The van der Waals surface area contributed by atoms with Crippen molar-refractivity contribution in [3.63, 3.8) is 0 Å². The molecule has 2 atom stereocenters. The molecular formula is C15H18BrNO. The van der Waals surface area contributed by atoms with Gasteiger partial charge < -0.3 is 4.90 Å². The standard InChI is InChI=1S/C15H18BrNO/c16-14-9-13(6-5-12(14)10-18)17-8-7-11-3-1-2-4-15(11)17/h5-6,9-11,15H,1-4,7-8H2. The number of halogens is 1. The van der Waals surface area contributed by atoms with Crippen LogP contribution in [0.5, 0.6) is 0 Å². The van der Waals surface area contributed by atoms with Crippen molar-refractivity contribution in [2.75, 3.05) is 11.4 Å². The average Bonchev–Trinajstić information content (AvgIpc) is 2.82. The zero-order valence-corrected chi connectivity index (χ0v) is 12.0. The average molecular weight is 308 g/mol. The van der Waals surface area contributed by atoms with Gasteiger partial charge in [0.15, 0.2) is 6.29 Å². The molecule has 1 heterocycles.